The predicted octanol–water partition coefficient (Wildman–Crippen LogP) is 3.38. The van der Waals surface area contributed by atoms with E-state index >= 15 is 0 Å². The molecule has 0 aliphatic heterocycles. The molecule has 138 valence electrons. The lowest BCUT2D eigenvalue weighted by Crippen LogP contribution is -2.36. The molecule has 7 heteroatoms. The number of rotatable bonds is 4. The number of nitrogens with zero attached hydrogens (tertiary/aromatic N) is 2. The van der Waals surface area contributed by atoms with Crippen LogP contribution in [0.2, 0.25) is 0 Å². The highest BCUT2D eigenvalue weighted by atomic mass is 16.3. The monoisotopic (exact) mass is 348 g/mol. The number of nitrogens with one attached hydrogen (secondary N) is 2. The molecule has 0 aliphatic rings. The summed E-state index contributed by atoms with van der Waals surface area (Å²) < 4.78 is 7.04. The summed E-state index contributed by atoms with van der Waals surface area (Å²) in [5, 5.41) is 19.7. The Bertz CT molecular complexity index is 706. The number of aromatic nitrogens is 2. The van der Waals surface area contributed by atoms with Gasteiger partial charge in [-0.25, -0.2) is 9.48 Å². The second-order valence-electron chi connectivity index (χ2n) is 8.10. The molecular weight excluding hydrogens is 320 g/mol. The van der Waals surface area contributed by atoms with E-state index < -0.39 is 12.1 Å². The summed E-state index contributed by atoms with van der Waals surface area (Å²) in [6.45, 7) is 12.0. The molecular formula is C18H28N4O3. The number of aliphatic hydroxyl groups is 1. The Morgan fingerprint density at radius 2 is 2.00 bits per heavy atom. The van der Waals surface area contributed by atoms with Crippen LogP contribution in [0.4, 0.5) is 10.6 Å². The van der Waals surface area contributed by atoms with Gasteiger partial charge in [0.05, 0.1) is 24.1 Å². The quantitative estimate of drug-likeness (QED) is 0.790. The van der Waals surface area contributed by atoms with Crippen molar-refractivity contribution >= 4 is 11.8 Å². The Morgan fingerprint density at radius 3 is 2.48 bits per heavy atom. The van der Waals surface area contributed by atoms with Gasteiger partial charge < -0.3 is 14.8 Å². The van der Waals surface area contributed by atoms with Crippen molar-refractivity contribution in [3.8, 4) is 0 Å². The van der Waals surface area contributed by atoms with Gasteiger partial charge in [-0.05, 0) is 32.9 Å². The molecule has 0 spiro atoms. The highest BCUT2D eigenvalue weighted by Crippen LogP contribution is 2.28. The van der Waals surface area contributed by atoms with Crippen LogP contribution in [0, 0.1) is 0 Å². The lowest BCUT2D eigenvalue weighted by atomic mass is 9.92. The molecule has 1 atom stereocenters. The zero-order chi connectivity index (χ0) is 18.8. The van der Waals surface area contributed by atoms with Crippen LogP contribution >= 0.6 is 0 Å². The summed E-state index contributed by atoms with van der Waals surface area (Å²) in [5.41, 5.74) is 0.469. The maximum absolute atomic E-state index is 12.4. The van der Waals surface area contributed by atoms with E-state index in [4.69, 9.17) is 4.42 Å². The molecule has 2 rings (SSSR count). The number of carbonyl (C=O) groups excluding carboxylic acids is 1. The third-order valence-corrected chi connectivity index (χ3v) is 3.73. The number of hydrogen-bond acceptors (Lipinski definition) is 4. The van der Waals surface area contributed by atoms with Gasteiger partial charge >= 0.3 is 6.03 Å². The predicted molar refractivity (Wildman–Crippen MR) is 96.6 cm³/mol. The van der Waals surface area contributed by atoms with Crippen LogP contribution in [0.5, 0.6) is 0 Å². The topological polar surface area (TPSA) is 92.3 Å². The van der Waals surface area contributed by atoms with Crippen molar-refractivity contribution in [2.75, 3.05) is 11.9 Å². The van der Waals surface area contributed by atoms with Gasteiger partial charge in [-0.15, -0.1) is 0 Å². The number of carbonyl (C=O) groups is 1. The fourth-order valence-corrected chi connectivity index (χ4v) is 2.35. The zero-order valence-electron chi connectivity index (χ0n) is 15.8. The molecule has 2 aromatic rings. The van der Waals surface area contributed by atoms with E-state index in [-0.39, 0.29) is 17.6 Å². The Labute approximate surface area is 148 Å². The third-order valence-electron chi connectivity index (χ3n) is 3.73. The first-order valence-electron chi connectivity index (χ1n) is 8.35. The molecule has 3 N–H and O–H groups in total. The molecule has 0 saturated carbocycles. The van der Waals surface area contributed by atoms with Crippen molar-refractivity contribution in [1.29, 1.82) is 0 Å². The largest absolute Gasteiger partial charge is 0.467 e. The minimum atomic E-state index is -0.608. The van der Waals surface area contributed by atoms with E-state index in [1.807, 2.05) is 26.8 Å². The van der Waals surface area contributed by atoms with Gasteiger partial charge in [0.25, 0.3) is 0 Å². The van der Waals surface area contributed by atoms with Crippen molar-refractivity contribution in [1.82, 2.24) is 15.1 Å². The molecule has 0 bridgehead atoms. The second kappa shape index (κ2) is 6.92. The summed E-state index contributed by atoms with van der Waals surface area (Å²) in [5.74, 6) is 1.10. The minimum absolute atomic E-state index is 0.134. The summed E-state index contributed by atoms with van der Waals surface area (Å²) in [4.78, 5) is 12.4. The minimum Gasteiger partial charge on any atom is -0.467 e. The fraction of sp³-hybridized carbons (Fsp3) is 0.556. The van der Waals surface area contributed by atoms with E-state index in [1.54, 1.807) is 16.8 Å². The van der Waals surface area contributed by atoms with E-state index in [9.17, 15) is 9.90 Å². The van der Waals surface area contributed by atoms with Crippen molar-refractivity contribution in [2.45, 2.75) is 58.5 Å². The normalized spacial score (nSPS) is 13.6. The van der Waals surface area contributed by atoms with Gasteiger partial charge in [0.15, 0.2) is 0 Å². The molecule has 0 unspecified atom stereocenters. The highest BCUT2D eigenvalue weighted by Gasteiger charge is 2.26. The lowest BCUT2D eigenvalue weighted by Gasteiger charge is -2.23. The molecule has 0 radical (unpaired) electrons. The van der Waals surface area contributed by atoms with Gasteiger partial charge in [0, 0.05) is 11.5 Å². The molecule has 0 fully saturated rings. The molecule has 2 aromatic heterocycles. The second-order valence-corrected chi connectivity index (χ2v) is 8.10. The Morgan fingerprint density at radius 1 is 1.32 bits per heavy atom. The standard InChI is InChI=1S/C18H28N4O3/c1-17(2,3)14-10-15(22(21-14)18(4,5)6)20-16(24)19-12(11-23)13-8-7-9-25-13/h7-10,12,23H,11H2,1-6H3,(H2,19,20,24)/t12-/m1/s1. The summed E-state index contributed by atoms with van der Waals surface area (Å²) in [7, 11) is 0. The van der Waals surface area contributed by atoms with E-state index in [1.165, 1.54) is 6.26 Å². The Kier molecular flexibility index (Phi) is 5.27. The molecule has 0 aliphatic carbocycles. The number of aliphatic hydroxyl groups excluding tert-OH is 1. The lowest BCUT2D eigenvalue weighted by molar-refractivity contribution is 0.214. The number of urea groups is 1. The average Bonchev–Trinajstić information content (AvgIpc) is 3.12. The summed E-state index contributed by atoms with van der Waals surface area (Å²) in [6.07, 6.45) is 1.50. The molecule has 2 heterocycles. The van der Waals surface area contributed by atoms with Crippen LogP contribution in [0.25, 0.3) is 0 Å². The summed E-state index contributed by atoms with van der Waals surface area (Å²) in [6, 6.07) is 4.26. The summed E-state index contributed by atoms with van der Waals surface area (Å²) >= 11 is 0. The van der Waals surface area contributed by atoms with Crippen molar-refractivity contribution < 1.29 is 14.3 Å². The Hall–Kier alpha value is -2.28. The third kappa shape index (κ3) is 4.63. The number of furan rings is 1. The van der Waals surface area contributed by atoms with Gasteiger partial charge in [-0.3, -0.25) is 5.32 Å². The van der Waals surface area contributed by atoms with Gasteiger partial charge in [-0.1, -0.05) is 20.8 Å². The van der Waals surface area contributed by atoms with Crippen LogP contribution < -0.4 is 10.6 Å². The number of anilines is 1. The zero-order valence-corrected chi connectivity index (χ0v) is 15.8. The van der Waals surface area contributed by atoms with Crippen molar-refractivity contribution in [3.05, 3.63) is 35.9 Å². The first-order chi connectivity index (χ1) is 11.5. The first kappa shape index (κ1) is 19.1. The maximum Gasteiger partial charge on any atom is 0.321 e. The maximum atomic E-state index is 12.4. The van der Waals surface area contributed by atoms with Crippen LogP contribution in [0.15, 0.2) is 28.9 Å². The SMILES string of the molecule is CC(C)(C)c1cc(NC(=O)N[C@H](CO)c2ccco2)n(C(C)(C)C)n1. The van der Waals surface area contributed by atoms with Crippen LogP contribution in [0.3, 0.4) is 0 Å². The van der Waals surface area contributed by atoms with Crippen molar-refractivity contribution in [2.24, 2.45) is 0 Å². The van der Waals surface area contributed by atoms with E-state index in [2.05, 4.69) is 36.5 Å². The average molecular weight is 348 g/mol. The van der Waals surface area contributed by atoms with Crippen LogP contribution in [-0.4, -0.2) is 27.5 Å². The smallest absolute Gasteiger partial charge is 0.321 e. The number of amides is 2. The van der Waals surface area contributed by atoms with Gasteiger partial charge in [0.1, 0.15) is 17.6 Å². The first-order valence-corrected chi connectivity index (χ1v) is 8.35. The van der Waals surface area contributed by atoms with Crippen LogP contribution in [-0.2, 0) is 11.0 Å². The van der Waals surface area contributed by atoms with E-state index in [0.29, 0.717) is 11.6 Å². The molecule has 0 saturated heterocycles. The van der Waals surface area contributed by atoms with Gasteiger partial charge in [-0.2, -0.15) is 5.10 Å². The Balaban J connectivity index is 2.21. The molecule has 7 nitrogen and oxygen atoms in total. The highest BCUT2D eigenvalue weighted by molar-refractivity contribution is 5.88. The van der Waals surface area contributed by atoms with Gasteiger partial charge in [0.2, 0.25) is 0 Å². The van der Waals surface area contributed by atoms with Crippen LogP contribution in [0.1, 0.15) is 59.0 Å². The fourth-order valence-electron chi connectivity index (χ4n) is 2.35. The molecule has 25 heavy (non-hydrogen) atoms. The molecule has 2 amide bonds. The van der Waals surface area contributed by atoms with Crippen molar-refractivity contribution in [3.63, 3.8) is 0 Å². The number of hydrogen-bond donors (Lipinski definition) is 3. The van der Waals surface area contributed by atoms with E-state index in [0.717, 1.165) is 5.69 Å². The molecule has 0 aromatic carbocycles.